The number of nitrogens with one attached hydrogen (secondary N) is 1. The number of likely N-dealkylation sites (N-methyl/N-ethyl adjacent to an activating group) is 1. The van der Waals surface area contributed by atoms with E-state index in [1.165, 1.54) is 5.69 Å². The van der Waals surface area contributed by atoms with Gasteiger partial charge in [0.05, 0.1) is 18.8 Å². The number of nitrogens with zero attached hydrogens (tertiary/aromatic N) is 3. The fourth-order valence-electron chi connectivity index (χ4n) is 1.61. The maximum absolute atomic E-state index is 4.65. The van der Waals surface area contributed by atoms with Crippen molar-refractivity contribution in [3.05, 3.63) is 16.1 Å². The molecule has 0 unspecified atom stereocenters. The zero-order chi connectivity index (χ0) is 12.5. The van der Waals surface area contributed by atoms with Gasteiger partial charge in [0.25, 0.3) is 0 Å². The lowest BCUT2D eigenvalue weighted by Gasteiger charge is -2.15. The Morgan fingerprint density at radius 2 is 2.17 bits per heavy atom. The minimum Gasteiger partial charge on any atom is -0.350 e. The molecule has 0 radical (unpaired) electrons. The van der Waals surface area contributed by atoms with Crippen molar-refractivity contribution >= 4 is 41.3 Å². The highest BCUT2D eigenvalue weighted by Gasteiger charge is 2.18. The highest BCUT2D eigenvalue weighted by Crippen LogP contribution is 2.23. The van der Waals surface area contributed by atoms with E-state index in [0.717, 1.165) is 30.6 Å². The smallest absolute Gasteiger partial charge is 0.194 e. The number of aromatic nitrogens is 1. The van der Waals surface area contributed by atoms with Crippen molar-refractivity contribution in [2.45, 2.75) is 32.7 Å². The van der Waals surface area contributed by atoms with Crippen LogP contribution in [0.25, 0.3) is 0 Å². The van der Waals surface area contributed by atoms with E-state index in [4.69, 9.17) is 0 Å². The Morgan fingerprint density at radius 1 is 1.44 bits per heavy atom. The molecule has 0 atom stereocenters. The number of hydrogen-bond donors (Lipinski definition) is 1. The molecule has 6 heteroatoms. The van der Waals surface area contributed by atoms with Crippen molar-refractivity contribution in [2.24, 2.45) is 4.99 Å². The average Bonchev–Trinajstić information content (AvgIpc) is 2.82. The maximum atomic E-state index is 4.65. The molecule has 0 fully saturated rings. The summed E-state index contributed by atoms with van der Waals surface area (Å²) in [7, 11) is 2.06. The summed E-state index contributed by atoms with van der Waals surface area (Å²) in [6.45, 7) is 9.23. The minimum absolute atomic E-state index is 0. The first-order valence-corrected chi connectivity index (χ1v) is 6.79. The molecule has 2 rings (SSSR count). The monoisotopic (exact) mass is 380 g/mol. The molecule has 0 aromatic carbocycles. The van der Waals surface area contributed by atoms with Crippen molar-refractivity contribution in [1.82, 2.24) is 15.2 Å². The molecule has 1 aliphatic rings. The van der Waals surface area contributed by atoms with Crippen LogP contribution in [0.4, 0.5) is 0 Å². The zero-order valence-electron chi connectivity index (χ0n) is 11.4. The van der Waals surface area contributed by atoms with Gasteiger partial charge in [-0.1, -0.05) is 20.8 Å². The number of halogens is 1. The third-order valence-electron chi connectivity index (χ3n) is 2.78. The average molecular weight is 380 g/mol. The van der Waals surface area contributed by atoms with Gasteiger partial charge in [0.1, 0.15) is 5.01 Å². The Bertz CT molecular complexity index is 422. The summed E-state index contributed by atoms with van der Waals surface area (Å²) < 4.78 is 0. The minimum atomic E-state index is 0. The third-order valence-corrected chi connectivity index (χ3v) is 3.63. The second-order valence-electron chi connectivity index (χ2n) is 5.36. The van der Waals surface area contributed by atoms with Crippen LogP contribution in [0.2, 0.25) is 0 Å². The van der Waals surface area contributed by atoms with E-state index in [1.807, 2.05) is 0 Å². The van der Waals surface area contributed by atoms with Crippen molar-refractivity contribution in [1.29, 1.82) is 0 Å². The van der Waals surface area contributed by atoms with E-state index in [0.29, 0.717) is 0 Å². The molecule has 0 amide bonds. The van der Waals surface area contributed by atoms with Gasteiger partial charge >= 0.3 is 0 Å². The molecule has 1 N–H and O–H groups in total. The predicted octanol–water partition coefficient (Wildman–Crippen LogP) is 2.45. The normalized spacial score (nSPS) is 15.3. The summed E-state index contributed by atoms with van der Waals surface area (Å²) in [5, 5.41) is 6.61. The standard InChI is InChI=1S/C12H20N4S.HI/c1-12(2,3)9-8-17-10(15-9)7-14-11-13-5-6-16(11)4;/h8H,5-7H2,1-4H3,(H,13,14);1H. The molecule has 0 saturated heterocycles. The van der Waals surface area contributed by atoms with Crippen LogP contribution in [-0.4, -0.2) is 36.0 Å². The lowest BCUT2D eigenvalue weighted by atomic mass is 9.93. The van der Waals surface area contributed by atoms with Gasteiger partial charge in [-0.05, 0) is 0 Å². The van der Waals surface area contributed by atoms with E-state index < -0.39 is 0 Å². The van der Waals surface area contributed by atoms with Crippen LogP contribution in [0.5, 0.6) is 0 Å². The van der Waals surface area contributed by atoms with Crippen LogP contribution in [0.1, 0.15) is 31.5 Å². The second kappa shape index (κ2) is 6.18. The van der Waals surface area contributed by atoms with Gasteiger partial charge < -0.3 is 10.2 Å². The summed E-state index contributed by atoms with van der Waals surface area (Å²) in [5.74, 6) is 0.984. The molecular formula is C12H21IN4S. The van der Waals surface area contributed by atoms with Crippen LogP contribution in [0.3, 0.4) is 0 Å². The lowest BCUT2D eigenvalue weighted by Crippen LogP contribution is -2.35. The third kappa shape index (κ3) is 3.81. The molecule has 102 valence electrons. The first-order valence-electron chi connectivity index (χ1n) is 5.91. The SMILES string of the molecule is CN1CCN=C1NCc1nc(C(C)(C)C)cs1.I. The molecule has 2 heterocycles. The quantitative estimate of drug-likeness (QED) is 0.802. The molecule has 1 aliphatic heterocycles. The number of aliphatic imine (C=N–C) groups is 1. The van der Waals surface area contributed by atoms with Gasteiger partial charge in [0.15, 0.2) is 5.96 Å². The molecule has 1 aromatic rings. The van der Waals surface area contributed by atoms with Crippen molar-refractivity contribution in [3.8, 4) is 0 Å². The van der Waals surface area contributed by atoms with Crippen LogP contribution in [0, 0.1) is 0 Å². The molecule has 0 saturated carbocycles. The van der Waals surface area contributed by atoms with Gasteiger partial charge in [-0.25, -0.2) is 4.98 Å². The van der Waals surface area contributed by atoms with Crippen LogP contribution in [-0.2, 0) is 12.0 Å². The molecule has 0 aliphatic carbocycles. The lowest BCUT2D eigenvalue weighted by molar-refractivity contribution is 0.533. The number of thiazole rings is 1. The summed E-state index contributed by atoms with van der Waals surface area (Å²) in [6.07, 6.45) is 0. The van der Waals surface area contributed by atoms with E-state index in [-0.39, 0.29) is 29.4 Å². The van der Waals surface area contributed by atoms with Crippen LogP contribution in [0.15, 0.2) is 10.4 Å². The number of rotatable bonds is 2. The van der Waals surface area contributed by atoms with E-state index in [1.54, 1.807) is 11.3 Å². The van der Waals surface area contributed by atoms with Gasteiger partial charge in [-0.3, -0.25) is 4.99 Å². The predicted molar refractivity (Wildman–Crippen MR) is 88.0 cm³/mol. The Labute approximate surface area is 130 Å². The first kappa shape index (κ1) is 15.7. The number of guanidine groups is 1. The van der Waals surface area contributed by atoms with Crippen molar-refractivity contribution in [3.63, 3.8) is 0 Å². The molecule has 1 aromatic heterocycles. The van der Waals surface area contributed by atoms with Crippen LogP contribution < -0.4 is 5.32 Å². The van der Waals surface area contributed by atoms with E-state index >= 15 is 0 Å². The fraction of sp³-hybridized carbons (Fsp3) is 0.667. The Balaban J connectivity index is 0.00000162. The van der Waals surface area contributed by atoms with Gasteiger partial charge in [-0.2, -0.15) is 0 Å². The highest BCUT2D eigenvalue weighted by molar-refractivity contribution is 14.0. The highest BCUT2D eigenvalue weighted by atomic mass is 127. The molecule has 18 heavy (non-hydrogen) atoms. The maximum Gasteiger partial charge on any atom is 0.194 e. The Morgan fingerprint density at radius 3 is 2.67 bits per heavy atom. The summed E-state index contributed by atoms with van der Waals surface area (Å²) in [5.41, 5.74) is 1.30. The van der Waals surface area contributed by atoms with Crippen molar-refractivity contribution in [2.75, 3.05) is 20.1 Å². The topological polar surface area (TPSA) is 40.5 Å². The van der Waals surface area contributed by atoms with E-state index in [9.17, 15) is 0 Å². The Kier molecular flexibility index (Phi) is 5.39. The number of hydrogen-bond acceptors (Lipinski definition) is 5. The summed E-state index contributed by atoms with van der Waals surface area (Å²) in [4.78, 5) is 11.2. The van der Waals surface area contributed by atoms with E-state index in [2.05, 4.69) is 53.4 Å². The first-order chi connectivity index (χ1) is 7.97. The van der Waals surface area contributed by atoms with Crippen LogP contribution >= 0.6 is 35.3 Å². The molecule has 0 bridgehead atoms. The van der Waals surface area contributed by atoms with Gasteiger partial charge in [0.2, 0.25) is 0 Å². The second-order valence-corrected chi connectivity index (χ2v) is 6.30. The van der Waals surface area contributed by atoms with Crippen molar-refractivity contribution < 1.29 is 0 Å². The Hall–Kier alpha value is -0.370. The fourth-order valence-corrected chi connectivity index (χ4v) is 2.58. The molecular weight excluding hydrogens is 359 g/mol. The van der Waals surface area contributed by atoms with Gasteiger partial charge in [-0.15, -0.1) is 35.3 Å². The van der Waals surface area contributed by atoms with Gasteiger partial charge in [0, 0.05) is 24.4 Å². The zero-order valence-corrected chi connectivity index (χ0v) is 14.5. The molecule has 4 nitrogen and oxygen atoms in total. The summed E-state index contributed by atoms with van der Waals surface area (Å²) >= 11 is 1.71. The largest absolute Gasteiger partial charge is 0.350 e. The molecule has 0 spiro atoms. The summed E-state index contributed by atoms with van der Waals surface area (Å²) in [6, 6.07) is 0.